The molecule has 1 saturated heterocycles. The number of nitrogens with zero attached hydrogens (tertiary/aromatic N) is 7. The Labute approximate surface area is 247 Å². The number of aromatic nitrogens is 5. The molecule has 5 rings (SSSR count). The predicted molar refractivity (Wildman–Crippen MR) is 158 cm³/mol. The van der Waals surface area contributed by atoms with Gasteiger partial charge in [-0.2, -0.15) is 5.10 Å². The zero-order valence-corrected chi connectivity index (χ0v) is 24.2. The minimum Gasteiger partial charge on any atom is -0.465 e. The van der Waals surface area contributed by atoms with Crippen LogP contribution in [0.1, 0.15) is 26.6 Å². The fraction of sp³-hybridized carbons (Fsp3) is 0.310. The maximum atomic E-state index is 15.0. The number of ether oxygens (including phenoxy) is 1. The normalized spacial score (nSPS) is 13.5. The van der Waals surface area contributed by atoms with Crippen LogP contribution in [-0.2, 0) is 12.5 Å². The average molecular weight is 590 g/mol. The van der Waals surface area contributed by atoms with Crippen molar-refractivity contribution in [2.24, 2.45) is 7.05 Å². The zero-order chi connectivity index (χ0) is 30.7. The van der Waals surface area contributed by atoms with Gasteiger partial charge in [0, 0.05) is 68.7 Å². The van der Waals surface area contributed by atoms with E-state index in [-0.39, 0.29) is 16.9 Å². The first-order valence-electron chi connectivity index (χ1n) is 13.6. The van der Waals surface area contributed by atoms with E-state index in [1.165, 1.54) is 29.3 Å². The fourth-order valence-corrected chi connectivity index (χ4v) is 4.43. The summed E-state index contributed by atoms with van der Waals surface area (Å²) in [5.74, 6) is 1.03. The van der Waals surface area contributed by atoms with E-state index < -0.39 is 17.9 Å². The van der Waals surface area contributed by atoms with Crippen molar-refractivity contribution in [3.05, 3.63) is 66.8 Å². The fourth-order valence-electron chi connectivity index (χ4n) is 4.43. The predicted octanol–water partition coefficient (Wildman–Crippen LogP) is 4.95. The summed E-state index contributed by atoms with van der Waals surface area (Å²) in [5.41, 5.74) is 1.37. The molecule has 14 heteroatoms. The molecule has 4 heterocycles. The van der Waals surface area contributed by atoms with Gasteiger partial charge in [0.1, 0.15) is 28.8 Å². The SMILES string of the molecule is Cn1cc(-c2cc(Oc3ccc(NC(=O)Nc4cnc(C(C)(C)C)nc4N4CCN(C(=O)O)CC4)c(F)c3)ccn2)cn1. The number of hydrogen-bond acceptors (Lipinski definition) is 8. The highest BCUT2D eigenvalue weighted by Gasteiger charge is 2.26. The van der Waals surface area contributed by atoms with Crippen molar-refractivity contribution in [1.29, 1.82) is 0 Å². The summed E-state index contributed by atoms with van der Waals surface area (Å²) in [4.78, 5) is 41.0. The summed E-state index contributed by atoms with van der Waals surface area (Å²) in [6.07, 6.45) is 5.62. The van der Waals surface area contributed by atoms with Crippen molar-refractivity contribution in [3.63, 3.8) is 0 Å². The number of halogens is 1. The molecule has 43 heavy (non-hydrogen) atoms. The number of aryl methyl sites for hydroxylation is 1. The molecule has 0 aliphatic carbocycles. The highest BCUT2D eigenvalue weighted by atomic mass is 19.1. The standard InChI is InChI=1S/C29H32FN9O4/c1-29(2,3)26-32-16-24(25(36-26)38-9-11-39(12-10-38)28(41)42)35-27(40)34-22-6-5-19(13-21(22)30)43-20-7-8-31-23(14-20)18-15-33-37(4)17-18/h5-8,13-17H,9-12H2,1-4H3,(H,41,42)(H2,34,35,40). The third-order valence-corrected chi connectivity index (χ3v) is 6.69. The van der Waals surface area contributed by atoms with Crippen LogP contribution in [0.2, 0.25) is 0 Å². The molecule has 1 fully saturated rings. The number of benzene rings is 1. The van der Waals surface area contributed by atoms with Gasteiger partial charge < -0.3 is 30.3 Å². The molecule has 224 valence electrons. The molecule has 13 nitrogen and oxygen atoms in total. The number of anilines is 3. The van der Waals surface area contributed by atoms with Gasteiger partial charge in [-0.05, 0) is 18.2 Å². The van der Waals surface area contributed by atoms with E-state index in [9.17, 15) is 14.7 Å². The van der Waals surface area contributed by atoms with Gasteiger partial charge >= 0.3 is 12.1 Å². The van der Waals surface area contributed by atoms with Crippen molar-refractivity contribution in [1.82, 2.24) is 29.6 Å². The van der Waals surface area contributed by atoms with Crippen molar-refractivity contribution < 1.29 is 23.8 Å². The van der Waals surface area contributed by atoms with Gasteiger partial charge in [-0.25, -0.2) is 23.9 Å². The van der Waals surface area contributed by atoms with E-state index in [1.807, 2.05) is 38.9 Å². The molecule has 0 atom stereocenters. The highest BCUT2D eigenvalue weighted by molar-refractivity contribution is 6.01. The Hall–Kier alpha value is -5.27. The van der Waals surface area contributed by atoms with Crippen molar-refractivity contribution >= 4 is 29.3 Å². The molecule has 1 aliphatic heterocycles. The van der Waals surface area contributed by atoms with E-state index in [0.717, 1.165) is 5.56 Å². The van der Waals surface area contributed by atoms with Crippen molar-refractivity contribution in [3.8, 4) is 22.8 Å². The number of urea groups is 1. The topological polar surface area (TPSA) is 151 Å². The second kappa shape index (κ2) is 11.9. The number of pyridine rings is 1. The average Bonchev–Trinajstić information content (AvgIpc) is 3.40. The maximum Gasteiger partial charge on any atom is 0.407 e. The molecule has 4 aromatic rings. The number of nitrogens with one attached hydrogen (secondary N) is 2. The number of carbonyl (C=O) groups excluding carboxylic acids is 1. The first-order valence-corrected chi connectivity index (χ1v) is 13.6. The second-order valence-electron chi connectivity index (χ2n) is 11.0. The third-order valence-electron chi connectivity index (χ3n) is 6.69. The Morgan fingerprint density at radius 3 is 2.35 bits per heavy atom. The van der Waals surface area contributed by atoms with Gasteiger partial charge in [-0.1, -0.05) is 20.8 Å². The maximum absolute atomic E-state index is 15.0. The molecule has 3 amide bonds. The lowest BCUT2D eigenvalue weighted by molar-refractivity contribution is 0.142. The van der Waals surface area contributed by atoms with Gasteiger partial charge in [0.15, 0.2) is 5.82 Å². The Morgan fingerprint density at radius 1 is 0.977 bits per heavy atom. The smallest absolute Gasteiger partial charge is 0.407 e. The van der Waals surface area contributed by atoms with Gasteiger partial charge in [-0.3, -0.25) is 9.67 Å². The molecular formula is C29H32FN9O4. The summed E-state index contributed by atoms with van der Waals surface area (Å²) < 4.78 is 22.5. The van der Waals surface area contributed by atoms with Crippen LogP contribution in [0.3, 0.4) is 0 Å². The Morgan fingerprint density at radius 2 is 1.70 bits per heavy atom. The molecule has 3 N–H and O–H groups in total. The molecule has 0 unspecified atom stereocenters. The van der Waals surface area contributed by atoms with E-state index in [2.05, 4.69) is 25.7 Å². The Kier molecular flexibility index (Phi) is 8.10. The van der Waals surface area contributed by atoms with Crippen LogP contribution in [0.25, 0.3) is 11.3 Å². The minimum absolute atomic E-state index is 0.0560. The number of amides is 3. The van der Waals surface area contributed by atoms with Gasteiger partial charge in [0.2, 0.25) is 0 Å². The van der Waals surface area contributed by atoms with Gasteiger partial charge in [-0.15, -0.1) is 0 Å². The van der Waals surface area contributed by atoms with E-state index in [4.69, 9.17) is 9.72 Å². The Balaban J connectivity index is 1.28. The van der Waals surface area contributed by atoms with Crippen molar-refractivity contribution in [2.45, 2.75) is 26.2 Å². The molecular weight excluding hydrogens is 557 g/mol. The lowest BCUT2D eigenvalue weighted by Gasteiger charge is -2.35. The number of carbonyl (C=O) groups is 2. The monoisotopic (exact) mass is 589 g/mol. The Bertz CT molecular complexity index is 1650. The van der Waals surface area contributed by atoms with Crippen LogP contribution in [0.15, 0.2) is 55.1 Å². The molecule has 0 saturated carbocycles. The zero-order valence-electron chi connectivity index (χ0n) is 24.2. The molecule has 0 radical (unpaired) electrons. The summed E-state index contributed by atoms with van der Waals surface area (Å²) in [7, 11) is 1.81. The third kappa shape index (κ3) is 6.97. The molecule has 1 aromatic carbocycles. The molecule has 0 spiro atoms. The van der Waals surface area contributed by atoms with Crippen molar-refractivity contribution in [2.75, 3.05) is 41.7 Å². The summed E-state index contributed by atoms with van der Waals surface area (Å²) in [5, 5.41) is 18.7. The van der Waals surface area contributed by atoms with Crippen LogP contribution in [-0.4, -0.2) is 73.0 Å². The lowest BCUT2D eigenvalue weighted by atomic mass is 9.96. The van der Waals surface area contributed by atoms with Crippen LogP contribution in [0.4, 0.5) is 31.2 Å². The first kappa shape index (κ1) is 29.2. The van der Waals surface area contributed by atoms with Crippen LogP contribution < -0.4 is 20.3 Å². The second-order valence-corrected chi connectivity index (χ2v) is 11.0. The number of piperazine rings is 1. The highest BCUT2D eigenvalue weighted by Crippen LogP contribution is 2.30. The van der Waals surface area contributed by atoms with Gasteiger partial charge in [0.25, 0.3) is 0 Å². The lowest BCUT2D eigenvalue weighted by Crippen LogP contribution is -2.49. The number of carboxylic acid groups (broad SMARTS) is 1. The summed E-state index contributed by atoms with van der Waals surface area (Å²) in [6.45, 7) is 7.27. The van der Waals surface area contributed by atoms with E-state index in [1.54, 1.807) is 29.2 Å². The number of hydrogen-bond donors (Lipinski definition) is 3. The molecule has 1 aliphatic rings. The minimum atomic E-state index is -0.982. The van der Waals surface area contributed by atoms with Crippen LogP contribution >= 0.6 is 0 Å². The largest absolute Gasteiger partial charge is 0.465 e. The molecule has 0 bridgehead atoms. The van der Waals surface area contributed by atoms with E-state index in [0.29, 0.717) is 55.0 Å². The summed E-state index contributed by atoms with van der Waals surface area (Å²) in [6, 6.07) is 6.80. The van der Waals surface area contributed by atoms with Crippen LogP contribution in [0, 0.1) is 5.82 Å². The quantitative estimate of drug-likeness (QED) is 0.284. The van der Waals surface area contributed by atoms with Gasteiger partial charge in [0.05, 0.1) is 23.8 Å². The first-order chi connectivity index (χ1) is 20.5. The molecule has 3 aromatic heterocycles. The summed E-state index contributed by atoms with van der Waals surface area (Å²) >= 11 is 0. The number of rotatable bonds is 6. The van der Waals surface area contributed by atoms with Crippen LogP contribution in [0.5, 0.6) is 11.5 Å². The van der Waals surface area contributed by atoms with E-state index >= 15 is 4.39 Å².